The molecule has 1 aromatic heterocycles. The third-order valence-corrected chi connectivity index (χ3v) is 2.98. The van der Waals surface area contributed by atoms with Crippen LogP contribution in [0.15, 0.2) is 41.3 Å². The number of hydrogen-bond donors (Lipinski definition) is 1. The third-order valence-electron chi connectivity index (χ3n) is 2.74. The average Bonchev–Trinajstić information content (AvgIpc) is 2.42. The van der Waals surface area contributed by atoms with Gasteiger partial charge in [-0.2, -0.15) is 0 Å². The zero-order valence-electron chi connectivity index (χ0n) is 10.9. The van der Waals surface area contributed by atoms with E-state index in [0.717, 1.165) is 6.07 Å². The van der Waals surface area contributed by atoms with Gasteiger partial charge in [-0.1, -0.05) is 11.6 Å². The predicted molar refractivity (Wildman–Crippen MR) is 77.7 cm³/mol. The number of amides is 1. The Kier molecular flexibility index (Phi) is 4.04. The lowest BCUT2D eigenvalue weighted by Gasteiger charge is -2.07. The SMILES string of the molecule is Cn1cc(NC(=O)c2cc(Cl)ccc2[N+](=O)[O-])ccc1=O. The minimum Gasteiger partial charge on any atom is -0.320 e. The Morgan fingerprint density at radius 3 is 2.67 bits per heavy atom. The van der Waals surface area contributed by atoms with Gasteiger partial charge in [0.2, 0.25) is 5.56 Å². The average molecular weight is 308 g/mol. The smallest absolute Gasteiger partial charge is 0.282 e. The second kappa shape index (κ2) is 5.76. The zero-order valence-corrected chi connectivity index (χ0v) is 11.6. The lowest BCUT2D eigenvalue weighted by atomic mass is 10.1. The van der Waals surface area contributed by atoms with Crippen LogP contribution in [0.4, 0.5) is 11.4 Å². The number of anilines is 1. The van der Waals surface area contributed by atoms with Gasteiger partial charge in [0, 0.05) is 30.4 Å². The first-order valence-electron chi connectivity index (χ1n) is 5.80. The summed E-state index contributed by atoms with van der Waals surface area (Å²) >= 11 is 5.77. The molecule has 1 N–H and O–H groups in total. The van der Waals surface area contributed by atoms with E-state index in [1.807, 2.05) is 0 Å². The number of hydrogen-bond acceptors (Lipinski definition) is 4. The molecule has 1 heterocycles. The predicted octanol–water partition coefficient (Wildman–Crippen LogP) is 2.20. The van der Waals surface area contributed by atoms with E-state index in [1.54, 1.807) is 0 Å². The summed E-state index contributed by atoms with van der Waals surface area (Å²) in [7, 11) is 1.53. The number of carbonyl (C=O) groups is 1. The fourth-order valence-electron chi connectivity index (χ4n) is 1.72. The summed E-state index contributed by atoms with van der Waals surface area (Å²) in [6, 6.07) is 6.41. The van der Waals surface area contributed by atoms with E-state index in [4.69, 9.17) is 11.6 Å². The highest BCUT2D eigenvalue weighted by molar-refractivity contribution is 6.31. The fourth-order valence-corrected chi connectivity index (χ4v) is 1.89. The number of nitro groups is 1. The Hall–Kier alpha value is -2.67. The lowest BCUT2D eigenvalue weighted by molar-refractivity contribution is -0.385. The first-order chi connectivity index (χ1) is 9.88. The van der Waals surface area contributed by atoms with Gasteiger partial charge in [0.15, 0.2) is 0 Å². The second-order valence-electron chi connectivity index (χ2n) is 4.24. The largest absolute Gasteiger partial charge is 0.320 e. The number of carbonyl (C=O) groups excluding carboxylic acids is 1. The van der Waals surface area contributed by atoms with Crippen molar-refractivity contribution < 1.29 is 9.72 Å². The van der Waals surface area contributed by atoms with Crippen LogP contribution in [-0.2, 0) is 7.05 Å². The zero-order chi connectivity index (χ0) is 15.6. The van der Waals surface area contributed by atoms with Crippen molar-refractivity contribution in [2.24, 2.45) is 7.05 Å². The maximum Gasteiger partial charge on any atom is 0.282 e. The summed E-state index contributed by atoms with van der Waals surface area (Å²) in [5, 5.41) is 13.6. The molecule has 1 aromatic carbocycles. The number of benzene rings is 1. The maximum atomic E-state index is 12.1. The van der Waals surface area contributed by atoms with Crippen molar-refractivity contribution in [2.45, 2.75) is 0 Å². The van der Waals surface area contributed by atoms with Crippen LogP contribution in [-0.4, -0.2) is 15.4 Å². The van der Waals surface area contributed by atoms with Gasteiger partial charge in [-0.05, 0) is 18.2 Å². The molecule has 8 heteroatoms. The molecule has 2 rings (SSSR count). The molecule has 0 atom stereocenters. The van der Waals surface area contributed by atoms with Crippen LogP contribution in [0, 0.1) is 10.1 Å². The number of nitrogens with one attached hydrogen (secondary N) is 1. The minimum absolute atomic E-state index is 0.152. The number of nitro benzene ring substituents is 1. The molecular formula is C13H10ClN3O4. The van der Waals surface area contributed by atoms with Gasteiger partial charge in [-0.15, -0.1) is 0 Å². The van der Waals surface area contributed by atoms with Crippen molar-refractivity contribution in [1.82, 2.24) is 4.57 Å². The van der Waals surface area contributed by atoms with E-state index in [9.17, 15) is 19.7 Å². The second-order valence-corrected chi connectivity index (χ2v) is 4.68. The van der Waals surface area contributed by atoms with Gasteiger partial charge >= 0.3 is 0 Å². The van der Waals surface area contributed by atoms with Gasteiger partial charge in [-0.25, -0.2) is 0 Å². The third kappa shape index (κ3) is 3.26. The Morgan fingerprint density at radius 1 is 1.33 bits per heavy atom. The number of nitrogens with zero attached hydrogens (tertiary/aromatic N) is 2. The molecule has 0 fully saturated rings. The highest BCUT2D eigenvalue weighted by atomic mass is 35.5. The number of aryl methyl sites for hydroxylation is 1. The first kappa shape index (κ1) is 14.7. The first-order valence-corrected chi connectivity index (χ1v) is 6.18. The molecule has 0 radical (unpaired) electrons. The van der Waals surface area contributed by atoms with Crippen molar-refractivity contribution in [3.8, 4) is 0 Å². The van der Waals surface area contributed by atoms with E-state index < -0.39 is 10.8 Å². The van der Waals surface area contributed by atoms with Crippen molar-refractivity contribution >= 4 is 28.9 Å². The minimum atomic E-state index is -0.678. The summed E-state index contributed by atoms with van der Waals surface area (Å²) in [5.74, 6) is -0.678. The number of pyridine rings is 1. The molecule has 21 heavy (non-hydrogen) atoms. The van der Waals surface area contributed by atoms with E-state index >= 15 is 0 Å². The van der Waals surface area contributed by atoms with Crippen LogP contribution in [0.25, 0.3) is 0 Å². The van der Waals surface area contributed by atoms with Crippen LogP contribution in [0.1, 0.15) is 10.4 Å². The molecule has 0 aliphatic heterocycles. The van der Waals surface area contributed by atoms with Gasteiger partial charge in [0.05, 0.1) is 10.6 Å². The van der Waals surface area contributed by atoms with Crippen molar-refractivity contribution in [1.29, 1.82) is 0 Å². The van der Waals surface area contributed by atoms with Crippen LogP contribution in [0.2, 0.25) is 5.02 Å². The molecule has 7 nitrogen and oxygen atoms in total. The van der Waals surface area contributed by atoms with E-state index in [1.165, 1.54) is 42.1 Å². The molecule has 1 amide bonds. The van der Waals surface area contributed by atoms with Gasteiger partial charge in [0.25, 0.3) is 11.6 Å². The summed E-state index contributed by atoms with van der Waals surface area (Å²) in [6.07, 6.45) is 1.41. The molecule has 0 aliphatic carbocycles. The molecule has 0 aliphatic rings. The molecule has 0 bridgehead atoms. The summed E-state index contributed by atoms with van der Waals surface area (Å²) < 4.78 is 1.28. The van der Waals surface area contributed by atoms with Crippen molar-refractivity contribution in [3.63, 3.8) is 0 Å². The van der Waals surface area contributed by atoms with Gasteiger partial charge < -0.3 is 9.88 Å². The van der Waals surface area contributed by atoms with Crippen LogP contribution in [0.3, 0.4) is 0 Å². The van der Waals surface area contributed by atoms with E-state index in [0.29, 0.717) is 5.69 Å². The standard InChI is InChI=1S/C13H10ClN3O4/c1-16-7-9(3-5-12(16)18)15-13(19)10-6-8(14)2-4-11(10)17(20)21/h2-7H,1H3,(H,15,19). The van der Waals surface area contributed by atoms with Crippen LogP contribution < -0.4 is 10.9 Å². The van der Waals surface area contributed by atoms with Gasteiger partial charge in [-0.3, -0.25) is 19.7 Å². The number of halogens is 1. The molecule has 0 saturated heterocycles. The Balaban J connectivity index is 2.36. The topological polar surface area (TPSA) is 94.2 Å². The van der Waals surface area contributed by atoms with E-state index in [-0.39, 0.29) is 21.8 Å². The van der Waals surface area contributed by atoms with Crippen LogP contribution >= 0.6 is 11.6 Å². The van der Waals surface area contributed by atoms with Crippen molar-refractivity contribution in [3.05, 3.63) is 67.6 Å². The number of rotatable bonds is 3. The quantitative estimate of drug-likeness (QED) is 0.694. The monoisotopic (exact) mass is 307 g/mol. The summed E-state index contributed by atoms with van der Waals surface area (Å²) in [4.78, 5) is 33.6. The normalized spacial score (nSPS) is 10.2. The maximum absolute atomic E-state index is 12.1. The fraction of sp³-hybridized carbons (Fsp3) is 0.0769. The Morgan fingerprint density at radius 2 is 2.05 bits per heavy atom. The van der Waals surface area contributed by atoms with Crippen molar-refractivity contribution in [2.75, 3.05) is 5.32 Å². The molecule has 2 aromatic rings. The van der Waals surface area contributed by atoms with Crippen LogP contribution in [0.5, 0.6) is 0 Å². The molecule has 0 saturated carbocycles. The highest BCUT2D eigenvalue weighted by Crippen LogP contribution is 2.23. The summed E-state index contributed by atoms with van der Waals surface area (Å²) in [6.45, 7) is 0. The summed E-state index contributed by atoms with van der Waals surface area (Å²) in [5.41, 5.74) is -0.388. The lowest BCUT2D eigenvalue weighted by Crippen LogP contribution is -2.18. The number of aromatic nitrogens is 1. The van der Waals surface area contributed by atoms with Gasteiger partial charge in [0.1, 0.15) is 5.56 Å². The Labute approximate surface area is 123 Å². The molecule has 0 unspecified atom stereocenters. The molecule has 108 valence electrons. The Bertz CT molecular complexity index is 785. The molecular weight excluding hydrogens is 298 g/mol. The molecule has 0 spiro atoms. The highest BCUT2D eigenvalue weighted by Gasteiger charge is 2.20. The van der Waals surface area contributed by atoms with E-state index in [2.05, 4.69) is 5.32 Å².